The van der Waals surface area contributed by atoms with Crippen LogP contribution in [0.5, 0.6) is 0 Å². The zero-order valence-electron chi connectivity index (χ0n) is 21.6. The minimum Gasteiger partial charge on any atom is -0.381 e. The summed E-state index contributed by atoms with van der Waals surface area (Å²) in [6.07, 6.45) is 1.57. The number of benzene rings is 2. The van der Waals surface area contributed by atoms with Crippen molar-refractivity contribution in [1.29, 1.82) is 0 Å². The molecular weight excluding hydrogens is 491 g/mol. The Morgan fingerprint density at radius 1 is 1.13 bits per heavy atom. The smallest absolute Gasteiger partial charge is 0.266 e. The van der Waals surface area contributed by atoms with Gasteiger partial charge in [0.1, 0.15) is 5.82 Å². The molecule has 1 saturated heterocycles. The average Bonchev–Trinajstić information content (AvgIpc) is 2.93. The summed E-state index contributed by atoms with van der Waals surface area (Å²) < 4.78 is 46.7. The van der Waals surface area contributed by atoms with Gasteiger partial charge in [-0.25, -0.2) is 13.2 Å². The molecule has 2 aromatic carbocycles. The highest BCUT2D eigenvalue weighted by molar-refractivity contribution is 5.94. The van der Waals surface area contributed by atoms with E-state index in [0.717, 1.165) is 58.7 Å². The molecule has 0 aliphatic carbocycles. The molecule has 200 valence electrons. The molecule has 2 aliphatic heterocycles. The van der Waals surface area contributed by atoms with Crippen molar-refractivity contribution in [3.8, 4) is 0 Å². The number of rotatable bonds is 6. The third-order valence-electron chi connectivity index (χ3n) is 7.53. The normalized spacial score (nSPS) is 17.5. The van der Waals surface area contributed by atoms with Gasteiger partial charge in [0.2, 0.25) is 5.91 Å². The van der Waals surface area contributed by atoms with Gasteiger partial charge in [0.05, 0.1) is 17.1 Å². The molecule has 1 amide bonds. The van der Waals surface area contributed by atoms with E-state index in [1.807, 2.05) is 30.0 Å². The number of hydrogen-bond acceptors (Lipinski definition) is 4. The molecule has 0 saturated carbocycles. The fourth-order valence-electron chi connectivity index (χ4n) is 5.39. The number of fused-ring (bicyclic) bond motifs is 1. The van der Waals surface area contributed by atoms with Crippen LogP contribution in [0, 0.1) is 18.7 Å². The number of ether oxygens (including phenoxy) is 1. The number of carbonyl (C=O) groups excluding carboxylic acids is 1. The van der Waals surface area contributed by atoms with Crippen molar-refractivity contribution in [2.45, 2.75) is 45.6 Å². The number of amides is 1. The summed E-state index contributed by atoms with van der Waals surface area (Å²) >= 11 is 0. The van der Waals surface area contributed by atoms with Crippen LogP contribution in [0.1, 0.15) is 61.0 Å². The van der Waals surface area contributed by atoms with Gasteiger partial charge in [-0.05, 0) is 62.4 Å². The molecule has 0 radical (unpaired) electrons. The van der Waals surface area contributed by atoms with Gasteiger partial charge in [-0.1, -0.05) is 30.3 Å². The number of carbonyl (C=O) groups is 1. The topological polar surface area (TPSA) is 54.5 Å². The molecule has 3 heterocycles. The van der Waals surface area contributed by atoms with Crippen LogP contribution in [0.3, 0.4) is 0 Å². The van der Waals surface area contributed by atoms with Crippen molar-refractivity contribution < 1.29 is 22.7 Å². The van der Waals surface area contributed by atoms with Crippen molar-refractivity contribution in [3.05, 3.63) is 76.7 Å². The number of pyridine rings is 1. The molecule has 0 unspecified atom stereocenters. The van der Waals surface area contributed by atoms with Crippen molar-refractivity contribution in [2.24, 2.45) is 5.92 Å². The Morgan fingerprint density at radius 3 is 2.61 bits per heavy atom. The molecule has 1 aromatic heterocycles. The van der Waals surface area contributed by atoms with E-state index >= 15 is 0 Å². The van der Waals surface area contributed by atoms with E-state index in [9.17, 15) is 18.0 Å². The first-order chi connectivity index (χ1) is 18.3. The Bertz CT molecular complexity index is 1370. The quantitative estimate of drug-likeness (QED) is 0.385. The van der Waals surface area contributed by atoms with Crippen molar-refractivity contribution >= 4 is 28.1 Å². The molecule has 0 bridgehead atoms. The zero-order chi connectivity index (χ0) is 26.8. The fraction of sp³-hybridized carbons (Fsp3) is 0.400. The third-order valence-corrected chi connectivity index (χ3v) is 7.53. The fourth-order valence-corrected chi connectivity index (χ4v) is 5.39. The Labute approximate surface area is 220 Å². The first kappa shape index (κ1) is 26.2. The van der Waals surface area contributed by atoms with Gasteiger partial charge in [0.25, 0.3) is 6.43 Å². The minimum absolute atomic E-state index is 0.0514. The number of aryl methyl sites for hydroxylation is 1. The summed E-state index contributed by atoms with van der Waals surface area (Å²) in [5.41, 5.74) is 4.14. The van der Waals surface area contributed by atoms with Crippen LogP contribution in [-0.2, 0) is 9.53 Å². The number of hydrogen-bond donors (Lipinski definition) is 1. The van der Waals surface area contributed by atoms with Crippen LogP contribution in [0.2, 0.25) is 0 Å². The number of aromatic nitrogens is 1. The molecular formula is C30H32F3N3O2. The highest BCUT2D eigenvalue weighted by atomic mass is 19.3. The lowest BCUT2D eigenvalue weighted by atomic mass is 9.94. The van der Waals surface area contributed by atoms with E-state index < -0.39 is 23.8 Å². The summed E-state index contributed by atoms with van der Waals surface area (Å²) in [5, 5.41) is 4.20. The molecule has 3 aromatic rings. The molecule has 8 heteroatoms. The summed E-state index contributed by atoms with van der Waals surface area (Å²) in [6, 6.07) is 11.5. The molecule has 5 nitrogen and oxygen atoms in total. The lowest BCUT2D eigenvalue weighted by molar-refractivity contribution is -0.138. The second-order valence-corrected chi connectivity index (χ2v) is 10.1. The molecule has 5 rings (SSSR count). The van der Waals surface area contributed by atoms with E-state index in [2.05, 4.69) is 22.4 Å². The number of alkyl halides is 2. The summed E-state index contributed by atoms with van der Waals surface area (Å²) in [4.78, 5) is 19.5. The zero-order valence-corrected chi connectivity index (χ0v) is 21.6. The van der Waals surface area contributed by atoms with Crippen molar-refractivity contribution in [2.75, 3.05) is 31.6 Å². The maximum absolute atomic E-state index is 14.8. The second-order valence-electron chi connectivity index (χ2n) is 10.1. The Hall–Kier alpha value is -3.39. The van der Waals surface area contributed by atoms with Crippen LogP contribution < -0.4 is 5.32 Å². The number of nitrogens with one attached hydrogen (secondary N) is 1. The molecule has 1 atom stereocenters. The van der Waals surface area contributed by atoms with E-state index in [1.165, 1.54) is 12.1 Å². The first-order valence-electron chi connectivity index (χ1n) is 13.1. The number of halogens is 3. The highest BCUT2D eigenvalue weighted by Gasteiger charge is 2.27. The van der Waals surface area contributed by atoms with E-state index in [0.29, 0.717) is 26.3 Å². The predicted molar refractivity (Wildman–Crippen MR) is 143 cm³/mol. The van der Waals surface area contributed by atoms with E-state index in [-0.39, 0.29) is 17.4 Å². The average molecular weight is 524 g/mol. The molecule has 38 heavy (non-hydrogen) atoms. The summed E-state index contributed by atoms with van der Waals surface area (Å²) in [7, 11) is 0. The van der Waals surface area contributed by atoms with Gasteiger partial charge < -0.3 is 15.0 Å². The largest absolute Gasteiger partial charge is 0.381 e. The first-order valence-corrected chi connectivity index (χ1v) is 13.1. The molecule has 2 aliphatic rings. The van der Waals surface area contributed by atoms with Crippen LogP contribution >= 0.6 is 0 Å². The van der Waals surface area contributed by atoms with Crippen LogP contribution in [0.25, 0.3) is 16.5 Å². The monoisotopic (exact) mass is 523 g/mol. The lowest BCUT2D eigenvalue weighted by Gasteiger charge is -2.31. The number of anilines is 1. The second kappa shape index (κ2) is 11.2. The van der Waals surface area contributed by atoms with Crippen molar-refractivity contribution in [3.63, 3.8) is 0 Å². The van der Waals surface area contributed by atoms with Gasteiger partial charge in [-0.3, -0.25) is 9.78 Å². The molecule has 1 N–H and O–H groups in total. The van der Waals surface area contributed by atoms with Gasteiger partial charge in [0, 0.05) is 54.6 Å². The Kier molecular flexibility index (Phi) is 7.70. The highest BCUT2D eigenvalue weighted by Crippen LogP contribution is 2.34. The predicted octanol–water partition coefficient (Wildman–Crippen LogP) is 6.84. The van der Waals surface area contributed by atoms with E-state index in [4.69, 9.17) is 4.74 Å². The van der Waals surface area contributed by atoms with Crippen LogP contribution in [0.4, 0.5) is 18.9 Å². The Morgan fingerprint density at radius 2 is 1.89 bits per heavy atom. The SMILES string of the molecule is Cc1cc(N[C@H](C)c2cccc(C(F)F)c2F)c2cc(C3=CCN(C(=O)C4CCOCC4)CC3)ccc2n1. The Balaban J connectivity index is 1.39. The van der Waals surface area contributed by atoms with E-state index in [1.54, 1.807) is 6.92 Å². The minimum atomic E-state index is -2.87. The maximum atomic E-state index is 14.8. The maximum Gasteiger partial charge on any atom is 0.266 e. The lowest BCUT2D eigenvalue weighted by Crippen LogP contribution is -2.40. The van der Waals surface area contributed by atoms with Crippen LogP contribution in [0.15, 0.2) is 48.5 Å². The standard InChI is InChI=1S/C30H32F3N3O2/c1-18-16-27(35-19(2)23-4-3-5-24(28(23)31)29(32)33)25-17-22(6-7-26(25)34-18)20-8-12-36(13-9-20)30(37)21-10-14-38-15-11-21/h3-8,16-17,19,21,29H,9-15H2,1-2H3,(H,34,35)/t19-/m1/s1. The van der Waals surface area contributed by atoms with Gasteiger partial charge >= 0.3 is 0 Å². The van der Waals surface area contributed by atoms with Gasteiger partial charge in [-0.15, -0.1) is 0 Å². The molecule has 0 spiro atoms. The summed E-state index contributed by atoms with van der Waals surface area (Å²) in [5.74, 6) is -0.619. The van der Waals surface area contributed by atoms with Crippen molar-refractivity contribution in [1.82, 2.24) is 9.88 Å². The third kappa shape index (κ3) is 5.41. The van der Waals surface area contributed by atoms with Gasteiger partial charge in [0.15, 0.2) is 0 Å². The van der Waals surface area contributed by atoms with Crippen LogP contribution in [-0.4, -0.2) is 42.1 Å². The summed E-state index contributed by atoms with van der Waals surface area (Å²) in [6.45, 7) is 6.19. The van der Waals surface area contributed by atoms with Gasteiger partial charge in [-0.2, -0.15) is 0 Å². The number of nitrogens with zero attached hydrogens (tertiary/aromatic N) is 2. The molecule has 1 fully saturated rings.